The smallest absolute Gasteiger partial charge is 0.356 e. The minimum Gasteiger partial charge on any atom is -0.476 e. The van der Waals surface area contributed by atoms with Crippen molar-refractivity contribution in [1.82, 2.24) is 14.4 Å². The minimum atomic E-state index is -1.00. The molecule has 94 valence electrons. The highest BCUT2D eigenvalue weighted by Gasteiger charge is 2.24. The normalized spacial score (nSPS) is 17.1. The van der Waals surface area contributed by atoms with Crippen LogP contribution in [0.15, 0.2) is 18.6 Å². The molecule has 1 N–H and O–H groups in total. The molecule has 2 aromatic rings. The Morgan fingerprint density at radius 2 is 2.22 bits per heavy atom. The molecule has 0 aliphatic carbocycles. The molecule has 3 rings (SSSR count). The molecule has 0 spiro atoms. The van der Waals surface area contributed by atoms with Gasteiger partial charge in [-0.3, -0.25) is 4.40 Å². The molecule has 0 bridgehead atoms. The number of aromatic carboxylic acids is 1. The van der Waals surface area contributed by atoms with Crippen LogP contribution in [-0.4, -0.2) is 38.7 Å². The molecule has 6 nitrogen and oxygen atoms in total. The Hall–Kier alpha value is -1.95. The number of ether oxygens (including phenoxy) is 1. The van der Waals surface area contributed by atoms with Gasteiger partial charge in [-0.15, -0.1) is 0 Å². The zero-order valence-electron chi connectivity index (χ0n) is 9.74. The molecule has 18 heavy (non-hydrogen) atoms. The first-order chi connectivity index (χ1) is 8.77. The third-order valence-corrected chi connectivity index (χ3v) is 3.26. The Kier molecular flexibility index (Phi) is 2.71. The second-order valence-corrected chi connectivity index (χ2v) is 4.35. The molecule has 2 aromatic heterocycles. The van der Waals surface area contributed by atoms with Gasteiger partial charge in [0.2, 0.25) is 0 Å². The quantitative estimate of drug-likeness (QED) is 0.866. The summed E-state index contributed by atoms with van der Waals surface area (Å²) in [5.41, 5.74) is 0.692. The number of carboxylic acids is 1. The first-order valence-electron chi connectivity index (χ1n) is 5.90. The molecular formula is C12H13N3O3. The second kappa shape index (κ2) is 4.38. The highest BCUT2D eigenvalue weighted by atomic mass is 16.5. The lowest BCUT2D eigenvalue weighted by molar-refractivity contribution is 0.0692. The van der Waals surface area contributed by atoms with Gasteiger partial charge >= 0.3 is 5.97 Å². The molecule has 0 unspecified atom stereocenters. The third-order valence-electron chi connectivity index (χ3n) is 3.26. The van der Waals surface area contributed by atoms with Crippen LogP contribution in [0.25, 0.3) is 5.52 Å². The highest BCUT2D eigenvalue weighted by Crippen LogP contribution is 2.27. The van der Waals surface area contributed by atoms with Crippen LogP contribution >= 0.6 is 0 Å². The van der Waals surface area contributed by atoms with E-state index in [1.807, 2.05) is 0 Å². The van der Waals surface area contributed by atoms with E-state index in [0.717, 1.165) is 18.7 Å². The molecule has 0 saturated carbocycles. The number of rotatable bonds is 2. The number of hydrogen-bond donors (Lipinski definition) is 1. The van der Waals surface area contributed by atoms with Gasteiger partial charge in [0.05, 0.1) is 5.52 Å². The van der Waals surface area contributed by atoms with E-state index in [0.29, 0.717) is 18.7 Å². The lowest BCUT2D eigenvalue weighted by Gasteiger charge is -2.20. The standard InChI is InChI=1S/C12H13N3O3/c16-12(17)10-9-1-4-13-7-15(9)11(14-10)8-2-5-18-6-3-8/h1,4,7-8H,2-3,5-6H2,(H,16,17). The molecule has 0 aromatic carbocycles. The molecule has 1 fully saturated rings. The van der Waals surface area contributed by atoms with Gasteiger partial charge in [-0.05, 0) is 18.9 Å². The van der Waals surface area contributed by atoms with Gasteiger partial charge in [0, 0.05) is 25.3 Å². The van der Waals surface area contributed by atoms with Crippen molar-refractivity contribution < 1.29 is 14.6 Å². The van der Waals surface area contributed by atoms with Crippen molar-refractivity contribution in [3.05, 3.63) is 30.1 Å². The summed E-state index contributed by atoms with van der Waals surface area (Å²) in [4.78, 5) is 19.5. The molecule has 0 radical (unpaired) electrons. The Labute approximate surface area is 103 Å². The summed E-state index contributed by atoms with van der Waals surface area (Å²) in [7, 11) is 0. The second-order valence-electron chi connectivity index (χ2n) is 4.35. The summed E-state index contributed by atoms with van der Waals surface area (Å²) in [6.45, 7) is 1.39. The van der Waals surface area contributed by atoms with E-state index in [4.69, 9.17) is 4.74 Å². The number of nitrogens with zero attached hydrogens (tertiary/aromatic N) is 3. The zero-order valence-corrected chi connectivity index (χ0v) is 9.74. The van der Waals surface area contributed by atoms with Crippen molar-refractivity contribution in [2.45, 2.75) is 18.8 Å². The summed E-state index contributed by atoms with van der Waals surface area (Å²) in [5.74, 6) is 0.0133. The van der Waals surface area contributed by atoms with Gasteiger partial charge in [0.15, 0.2) is 5.69 Å². The topological polar surface area (TPSA) is 76.7 Å². The van der Waals surface area contributed by atoms with Crippen molar-refractivity contribution in [2.75, 3.05) is 13.2 Å². The predicted molar refractivity (Wildman–Crippen MR) is 62.7 cm³/mol. The Morgan fingerprint density at radius 3 is 2.94 bits per heavy atom. The highest BCUT2D eigenvalue weighted by molar-refractivity contribution is 5.93. The maximum absolute atomic E-state index is 11.2. The molecule has 1 saturated heterocycles. The van der Waals surface area contributed by atoms with Crippen molar-refractivity contribution in [3.8, 4) is 0 Å². The summed E-state index contributed by atoms with van der Waals surface area (Å²) in [6.07, 6.45) is 4.94. The molecular weight excluding hydrogens is 234 g/mol. The summed E-state index contributed by atoms with van der Waals surface area (Å²) in [5, 5.41) is 9.17. The van der Waals surface area contributed by atoms with Crippen LogP contribution in [0.4, 0.5) is 0 Å². The summed E-state index contributed by atoms with van der Waals surface area (Å²) >= 11 is 0. The number of carboxylic acid groups (broad SMARTS) is 1. The number of imidazole rings is 1. The lowest BCUT2D eigenvalue weighted by Crippen LogP contribution is -2.16. The van der Waals surface area contributed by atoms with E-state index in [-0.39, 0.29) is 11.6 Å². The van der Waals surface area contributed by atoms with Crippen LogP contribution in [-0.2, 0) is 4.74 Å². The van der Waals surface area contributed by atoms with Crippen LogP contribution in [0.1, 0.15) is 35.1 Å². The van der Waals surface area contributed by atoms with E-state index < -0.39 is 5.97 Å². The van der Waals surface area contributed by atoms with E-state index >= 15 is 0 Å². The fourth-order valence-electron chi connectivity index (χ4n) is 2.36. The SMILES string of the molecule is O=C(O)c1nc(C2CCOCC2)n2cnccc12. The van der Waals surface area contributed by atoms with E-state index in [1.165, 1.54) is 0 Å². The van der Waals surface area contributed by atoms with Crippen LogP contribution < -0.4 is 0 Å². The molecule has 1 aliphatic heterocycles. The molecule has 0 atom stereocenters. The van der Waals surface area contributed by atoms with Crippen molar-refractivity contribution in [1.29, 1.82) is 0 Å². The van der Waals surface area contributed by atoms with Gasteiger partial charge in [0.25, 0.3) is 0 Å². The largest absolute Gasteiger partial charge is 0.476 e. The van der Waals surface area contributed by atoms with Gasteiger partial charge in [-0.2, -0.15) is 0 Å². The van der Waals surface area contributed by atoms with Crippen LogP contribution in [0, 0.1) is 0 Å². The maximum atomic E-state index is 11.2. The van der Waals surface area contributed by atoms with Crippen LogP contribution in [0.2, 0.25) is 0 Å². The number of aromatic nitrogens is 3. The van der Waals surface area contributed by atoms with Crippen molar-refractivity contribution in [2.24, 2.45) is 0 Å². The first kappa shape index (κ1) is 11.2. The molecule has 0 amide bonds. The minimum absolute atomic E-state index is 0.0962. The van der Waals surface area contributed by atoms with Crippen molar-refractivity contribution >= 4 is 11.5 Å². The van der Waals surface area contributed by atoms with Crippen LogP contribution in [0.5, 0.6) is 0 Å². The molecule has 6 heteroatoms. The molecule has 1 aliphatic rings. The van der Waals surface area contributed by atoms with Gasteiger partial charge < -0.3 is 9.84 Å². The van der Waals surface area contributed by atoms with E-state index in [9.17, 15) is 9.90 Å². The third kappa shape index (κ3) is 1.74. The number of carbonyl (C=O) groups is 1. The Morgan fingerprint density at radius 1 is 1.44 bits per heavy atom. The Bertz CT molecular complexity index is 587. The lowest BCUT2D eigenvalue weighted by atomic mass is 10.00. The van der Waals surface area contributed by atoms with E-state index in [2.05, 4.69) is 9.97 Å². The fraction of sp³-hybridized carbons (Fsp3) is 0.417. The maximum Gasteiger partial charge on any atom is 0.356 e. The average Bonchev–Trinajstić information content (AvgIpc) is 2.79. The van der Waals surface area contributed by atoms with Crippen LogP contribution in [0.3, 0.4) is 0 Å². The summed E-state index contributed by atoms with van der Waals surface area (Å²) < 4.78 is 7.10. The Balaban J connectivity index is 2.13. The first-order valence-corrected chi connectivity index (χ1v) is 5.90. The number of fused-ring (bicyclic) bond motifs is 1. The monoisotopic (exact) mass is 247 g/mol. The van der Waals surface area contributed by atoms with Crippen molar-refractivity contribution in [3.63, 3.8) is 0 Å². The zero-order chi connectivity index (χ0) is 12.5. The van der Waals surface area contributed by atoms with E-state index in [1.54, 1.807) is 23.0 Å². The van der Waals surface area contributed by atoms with Gasteiger partial charge in [0.1, 0.15) is 12.2 Å². The number of hydrogen-bond acceptors (Lipinski definition) is 4. The molecule has 3 heterocycles. The average molecular weight is 247 g/mol. The fourth-order valence-corrected chi connectivity index (χ4v) is 2.36. The summed E-state index contributed by atoms with van der Waals surface area (Å²) in [6, 6.07) is 1.68. The van der Waals surface area contributed by atoms with Gasteiger partial charge in [-0.25, -0.2) is 14.8 Å². The predicted octanol–water partition coefficient (Wildman–Crippen LogP) is 1.32. The van der Waals surface area contributed by atoms with Gasteiger partial charge in [-0.1, -0.05) is 0 Å².